The van der Waals surface area contributed by atoms with Gasteiger partial charge in [-0.25, -0.2) is 9.97 Å². The van der Waals surface area contributed by atoms with E-state index in [1.807, 2.05) is 11.4 Å². The number of halogens is 3. The molecule has 0 aliphatic heterocycles. The number of carbonyl (C=O) groups excluding carboxylic acids is 1. The molecule has 0 aliphatic carbocycles. The Labute approximate surface area is 168 Å². The molecular weight excluding hydrogens is 401 g/mol. The number of anilines is 1. The Bertz CT molecular complexity index is 1100. The van der Waals surface area contributed by atoms with Gasteiger partial charge in [-0.3, -0.25) is 4.79 Å². The predicted octanol–water partition coefficient (Wildman–Crippen LogP) is 2.40. The number of amides is 1. The maximum atomic E-state index is 12.4. The zero-order chi connectivity index (χ0) is 21.9. The third-order valence-corrected chi connectivity index (χ3v) is 4.18. The van der Waals surface area contributed by atoms with Gasteiger partial charge in [0, 0.05) is 23.3 Å². The summed E-state index contributed by atoms with van der Waals surface area (Å²) in [7, 11) is 0. The van der Waals surface area contributed by atoms with Crippen LogP contribution in [-0.2, 0) is 4.79 Å². The summed E-state index contributed by atoms with van der Waals surface area (Å²) in [6.07, 6.45) is -0.210. The highest BCUT2D eigenvalue weighted by Gasteiger charge is 2.30. The summed E-state index contributed by atoms with van der Waals surface area (Å²) in [6, 6.07) is 2.66. The first-order valence-corrected chi connectivity index (χ1v) is 8.86. The minimum absolute atomic E-state index is 0.166. The lowest BCUT2D eigenvalue weighted by atomic mass is 10.0. The van der Waals surface area contributed by atoms with Crippen molar-refractivity contribution in [2.24, 2.45) is 5.92 Å². The molecule has 3 rings (SSSR count). The molecule has 0 unspecified atom stereocenters. The molecule has 0 aromatic carbocycles. The molecule has 9 nitrogen and oxygen atoms in total. The molecule has 0 bridgehead atoms. The molecule has 156 valence electrons. The Morgan fingerprint density at radius 3 is 2.77 bits per heavy atom. The van der Waals surface area contributed by atoms with Crippen LogP contribution in [0, 0.1) is 17.2 Å². The number of aromatic amines is 1. The summed E-state index contributed by atoms with van der Waals surface area (Å²) in [5, 5.41) is 22.2. The number of hydrogen-bond acceptors (Lipinski definition) is 7. The lowest BCUT2D eigenvalue weighted by Gasteiger charge is -2.22. The number of pyridine rings is 1. The fourth-order valence-corrected chi connectivity index (χ4v) is 2.73. The van der Waals surface area contributed by atoms with Crippen molar-refractivity contribution in [1.82, 2.24) is 30.5 Å². The highest BCUT2D eigenvalue weighted by atomic mass is 19.4. The number of carbonyl (C=O) groups is 1. The van der Waals surface area contributed by atoms with Gasteiger partial charge in [0.15, 0.2) is 5.82 Å². The van der Waals surface area contributed by atoms with Gasteiger partial charge in [-0.05, 0) is 12.0 Å². The largest absolute Gasteiger partial charge is 0.405 e. The van der Waals surface area contributed by atoms with Crippen LogP contribution in [-0.4, -0.2) is 49.8 Å². The average molecular weight is 418 g/mol. The number of fused-ring (bicyclic) bond motifs is 1. The van der Waals surface area contributed by atoms with Crippen molar-refractivity contribution >= 4 is 22.8 Å². The zero-order valence-electron chi connectivity index (χ0n) is 15.9. The van der Waals surface area contributed by atoms with E-state index in [1.165, 1.54) is 12.4 Å². The number of alkyl halides is 3. The summed E-state index contributed by atoms with van der Waals surface area (Å²) in [6.45, 7) is 1.96. The summed E-state index contributed by atoms with van der Waals surface area (Å²) >= 11 is 0. The Morgan fingerprint density at radius 2 is 2.10 bits per heavy atom. The van der Waals surface area contributed by atoms with Crippen LogP contribution in [0.3, 0.4) is 0 Å². The number of aromatic nitrogens is 5. The minimum Gasteiger partial charge on any atom is -0.357 e. The van der Waals surface area contributed by atoms with Crippen molar-refractivity contribution in [2.45, 2.75) is 26.1 Å². The highest BCUT2D eigenvalue weighted by molar-refractivity contribution is 5.92. The van der Waals surface area contributed by atoms with Crippen LogP contribution < -0.4 is 10.6 Å². The van der Waals surface area contributed by atoms with Crippen molar-refractivity contribution in [3.05, 3.63) is 30.2 Å². The molecular formula is C18H17F3N8O. The topological polar surface area (TPSA) is 132 Å². The molecule has 30 heavy (non-hydrogen) atoms. The van der Waals surface area contributed by atoms with Crippen molar-refractivity contribution in [1.29, 1.82) is 5.26 Å². The van der Waals surface area contributed by atoms with Gasteiger partial charge in [-0.2, -0.15) is 23.5 Å². The lowest BCUT2D eigenvalue weighted by molar-refractivity contribution is -0.139. The number of nitriles is 1. The molecule has 0 saturated carbocycles. The van der Waals surface area contributed by atoms with E-state index < -0.39 is 24.7 Å². The van der Waals surface area contributed by atoms with Crippen LogP contribution in [0.4, 0.5) is 19.0 Å². The molecule has 12 heteroatoms. The van der Waals surface area contributed by atoms with Gasteiger partial charge < -0.3 is 15.6 Å². The Kier molecular flexibility index (Phi) is 5.81. The summed E-state index contributed by atoms with van der Waals surface area (Å²) in [5.74, 6) is -0.773. The van der Waals surface area contributed by atoms with E-state index >= 15 is 0 Å². The number of hydrogen-bond donors (Lipinski definition) is 3. The Morgan fingerprint density at radius 1 is 1.33 bits per heavy atom. The first-order valence-electron chi connectivity index (χ1n) is 8.86. The van der Waals surface area contributed by atoms with Gasteiger partial charge in [0.25, 0.3) is 0 Å². The number of H-pyrrole nitrogens is 1. The summed E-state index contributed by atoms with van der Waals surface area (Å²) in [4.78, 5) is 23.6. The molecule has 1 atom stereocenters. The first kappa shape index (κ1) is 21.0. The van der Waals surface area contributed by atoms with Gasteiger partial charge in [-0.1, -0.05) is 13.8 Å². The standard InChI is InChI=1S/C18H17F3N8O/c1-9(2)14(17(30)25-8-18(19,20)21)27-13-7-26-29-16(28-13)12-6-24-15-11(12)3-10(4-22)5-23-15/h3,5-7,9,14H,8H2,1-2H3,(H,23,24)(H,25,30)(H,27,28,29)/t14-/m1/s1. The molecule has 0 fully saturated rings. The van der Waals surface area contributed by atoms with E-state index in [2.05, 4.69) is 30.5 Å². The van der Waals surface area contributed by atoms with Crippen LogP contribution in [0.5, 0.6) is 0 Å². The number of rotatable bonds is 6. The Balaban J connectivity index is 1.86. The molecule has 3 aromatic heterocycles. The van der Waals surface area contributed by atoms with Gasteiger partial charge in [0.1, 0.15) is 30.1 Å². The highest BCUT2D eigenvalue weighted by Crippen LogP contribution is 2.26. The second-order valence-electron chi connectivity index (χ2n) is 6.80. The third-order valence-electron chi connectivity index (χ3n) is 4.18. The molecule has 1 amide bonds. The molecule has 0 aliphatic rings. The third kappa shape index (κ3) is 4.80. The second kappa shape index (κ2) is 8.32. The molecule has 0 saturated heterocycles. The number of nitrogens with zero attached hydrogens (tertiary/aromatic N) is 5. The lowest BCUT2D eigenvalue weighted by Crippen LogP contribution is -2.46. The molecule has 3 N–H and O–H groups in total. The maximum absolute atomic E-state index is 12.4. The SMILES string of the molecule is CC(C)[C@@H](Nc1cnnc(-c2c[nH]c3ncc(C#N)cc23)n1)C(=O)NCC(F)(F)F. The van der Waals surface area contributed by atoms with E-state index in [1.54, 1.807) is 26.1 Å². The van der Waals surface area contributed by atoms with Crippen LogP contribution in [0.15, 0.2) is 24.7 Å². The van der Waals surface area contributed by atoms with E-state index in [4.69, 9.17) is 5.26 Å². The van der Waals surface area contributed by atoms with Gasteiger partial charge in [0.05, 0.1) is 11.8 Å². The zero-order valence-corrected chi connectivity index (χ0v) is 15.9. The second-order valence-corrected chi connectivity index (χ2v) is 6.80. The van der Waals surface area contributed by atoms with Crippen LogP contribution in [0.2, 0.25) is 0 Å². The monoisotopic (exact) mass is 418 g/mol. The number of nitrogens with one attached hydrogen (secondary N) is 3. The van der Waals surface area contributed by atoms with Crippen molar-refractivity contribution < 1.29 is 18.0 Å². The smallest absolute Gasteiger partial charge is 0.357 e. The van der Waals surface area contributed by atoms with E-state index in [0.29, 0.717) is 22.2 Å². The molecule has 3 heterocycles. The molecule has 0 radical (unpaired) electrons. The molecule has 0 spiro atoms. The first-order chi connectivity index (χ1) is 14.2. The predicted molar refractivity (Wildman–Crippen MR) is 101 cm³/mol. The van der Waals surface area contributed by atoms with Gasteiger partial charge in [0.2, 0.25) is 5.91 Å². The normalized spacial score (nSPS) is 12.6. The van der Waals surface area contributed by atoms with Crippen LogP contribution in [0.1, 0.15) is 19.4 Å². The van der Waals surface area contributed by atoms with Crippen molar-refractivity contribution in [3.63, 3.8) is 0 Å². The van der Waals surface area contributed by atoms with Crippen molar-refractivity contribution in [2.75, 3.05) is 11.9 Å². The Hall–Kier alpha value is -3.75. The minimum atomic E-state index is -4.51. The van der Waals surface area contributed by atoms with Crippen molar-refractivity contribution in [3.8, 4) is 17.5 Å². The van der Waals surface area contributed by atoms with E-state index in [9.17, 15) is 18.0 Å². The maximum Gasteiger partial charge on any atom is 0.405 e. The molecule has 3 aromatic rings. The summed E-state index contributed by atoms with van der Waals surface area (Å²) in [5.41, 5.74) is 1.41. The fraction of sp³-hybridized carbons (Fsp3) is 0.333. The van der Waals surface area contributed by atoms with E-state index in [-0.39, 0.29) is 17.6 Å². The van der Waals surface area contributed by atoms with E-state index in [0.717, 1.165) is 0 Å². The van der Waals surface area contributed by atoms with Crippen LogP contribution >= 0.6 is 0 Å². The van der Waals surface area contributed by atoms with Gasteiger partial charge in [-0.15, -0.1) is 5.10 Å². The fourth-order valence-electron chi connectivity index (χ4n) is 2.73. The van der Waals surface area contributed by atoms with Gasteiger partial charge >= 0.3 is 6.18 Å². The summed E-state index contributed by atoms with van der Waals surface area (Å²) < 4.78 is 37.2. The van der Waals surface area contributed by atoms with Crippen LogP contribution in [0.25, 0.3) is 22.4 Å². The average Bonchev–Trinajstić information content (AvgIpc) is 3.12. The quantitative estimate of drug-likeness (QED) is 0.560.